The summed E-state index contributed by atoms with van der Waals surface area (Å²) in [6.07, 6.45) is 5.02. The summed E-state index contributed by atoms with van der Waals surface area (Å²) < 4.78 is 4.57. The third kappa shape index (κ3) is 4.97. The Balaban J connectivity index is 2.50. The summed E-state index contributed by atoms with van der Waals surface area (Å²) in [5, 5.41) is 9.73. The largest absolute Gasteiger partial charge is 0.466 e. The summed E-state index contributed by atoms with van der Waals surface area (Å²) in [7, 11) is 1.34. The number of benzene rings is 1. The van der Waals surface area contributed by atoms with Gasteiger partial charge >= 0.3 is 5.97 Å². The molecular formula is C15H18O3. The van der Waals surface area contributed by atoms with Crippen LogP contribution in [-0.4, -0.2) is 24.3 Å². The Labute approximate surface area is 107 Å². The van der Waals surface area contributed by atoms with Gasteiger partial charge < -0.3 is 9.84 Å². The van der Waals surface area contributed by atoms with Crippen molar-refractivity contribution in [2.45, 2.75) is 19.4 Å². The first-order chi connectivity index (χ1) is 8.63. The molecule has 1 atom stereocenters. The number of esters is 1. The number of rotatable bonds is 5. The fourth-order valence-corrected chi connectivity index (χ4v) is 1.41. The minimum absolute atomic E-state index is 0.366. The van der Waals surface area contributed by atoms with E-state index in [1.165, 1.54) is 7.11 Å². The minimum atomic E-state index is -0.607. The normalized spacial score (nSPS) is 13.6. The summed E-state index contributed by atoms with van der Waals surface area (Å²) in [5.74, 6) is -0.366. The second-order valence-corrected chi connectivity index (χ2v) is 3.95. The van der Waals surface area contributed by atoms with Gasteiger partial charge in [0.25, 0.3) is 0 Å². The highest BCUT2D eigenvalue weighted by Gasteiger charge is 2.03. The van der Waals surface area contributed by atoms with E-state index in [4.69, 9.17) is 0 Å². The Morgan fingerprint density at radius 3 is 2.67 bits per heavy atom. The topological polar surface area (TPSA) is 46.5 Å². The fraction of sp³-hybridized carbons (Fsp3) is 0.267. The predicted molar refractivity (Wildman–Crippen MR) is 71.9 cm³/mol. The highest BCUT2D eigenvalue weighted by molar-refractivity contribution is 5.87. The molecule has 1 aromatic carbocycles. The summed E-state index contributed by atoms with van der Waals surface area (Å²) in [4.78, 5) is 11.1. The molecule has 0 amide bonds. The molecule has 0 fully saturated rings. The van der Waals surface area contributed by atoms with Crippen LogP contribution < -0.4 is 0 Å². The molecule has 3 nitrogen and oxygen atoms in total. The second kappa shape index (κ2) is 7.45. The summed E-state index contributed by atoms with van der Waals surface area (Å²) in [5.41, 5.74) is 1.54. The number of hydrogen-bond acceptors (Lipinski definition) is 3. The lowest BCUT2D eigenvalue weighted by Crippen LogP contribution is -2.04. The van der Waals surface area contributed by atoms with Gasteiger partial charge in [-0.25, -0.2) is 4.79 Å². The summed E-state index contributed by atoms with van der Waals surface area (Å²) >= 11 is 0. The number of ether oxygens (including phenoxy) is 1. The molecule has 1 N–H and O–H groups in total. The Kier molecular flexibility index (Phi) is 5.88. The zero-order chi connectivity index (χ0) is 13.4. The van der Waals surface area contributed by atoms with E-state index in [1.54, 1.807) is 19.1 Å². The minimum Gasteiger partial charge on any atom is -0.466 e. The fourth-order valence-electron chi connectivity index (χ4n) is 1.41. The molecule has 1 aromatic rings. The van der Waals surface area contributed by atoms with E-state index in [1.807, 2.05) is 36.4 Å². The van der Waals surface area contributed by atoms with Gasteiger partial charge in [0.15, 0.2) is 0 Å². The molecule has 0 saturated heterocycles. The molecule has 0 heterocycles. The maximum absolute atomic E-state index is 11.1. The Hall–Kier alpha value is -1.87. The standard InChI is InChI=1S/C15H18O3/c1-12(15(17)18-2)8-10-14(16)11-9-13-6-4-3-5-7-13/h3-9,11,14,16H,10H2,1-2H3/b11-9+,12-8+. The van der Waals surface area contributed by atoms with Gasteiger partial charge in [-0.1, -0.05) is 48.6 Å². The van der Waals surface area contributed by atoms with E-state index in [-0.39, 0.29) is 5.97 Å². The SMILES string of the molecule is COC(=O)/C(C)=C/CC(O)/C=C/c1ccccc1. The van der Waals surface area contributed by atoms with Crippen molar-refractivity contribution >= 4 is 12.0 Å². The molecule has 1 rings (SSSR count). The molecule has 0 bridgehead atoms. The molecule has 0 aliphatic rings. The quantitative estimate of drug-likeness (QED) is 0.641. The van der Waals surface area contributed by atoms with Crippen LogP contribution >= 0.6 is 0 Å². The summed E-state index contributed by atoms with van der Waals surface area (Å²) in [6, 6.07) is 9.73. The van der Waals surface area contributed by atoms with Crippen LogP contribution in [0.3, 0.4) is 0 Å². The zero-order valence-electron chi connectivity index (χ0n) is 10.7. The second-order valence-electron chi connectivity index (χ2n) is 3.95. The smallest absolute Gasteiger partial charge is 0.333 e. The zero-order valence-corrected chi connectivity index (χ0v) is 10.7. The maximum atomic E-state index is 11.1. The van der Waals surface area contributed by atoms with Crippen LogP contribution in [0.1, 0.15) is 18.9 Å². The van der Waals surface area contributed by atoms with E-state index >= 15 is 0 Å². The van der Waals surface area contributed by atoms with Crippen molar-refractivity contribution in [3.05, 3.63) is 53.6 Å². The van der Waals surface area contributed by atoms with Crippen molar-refractivity contribution in [2.24, 2.45) is 0 Å². The van der Waals surface area contributed by atoms with Crippen molar-refractivity contribution in [1.82, 2.24) is 0 Å². The lowest BCUT2D eigenvalue weighted by atomic mass is 10.1. The van der Waals surface area contributed by atoms with E-state index in [9.17, 15) is 9.90 Å². The molecule has 96 valence electrons. The van der Waals surface area contributed by atoms with Gasteiger partial charge in [-0.05, 0) is 18.9 Å². The van der Waals surface area contributed by atoms with Gasteiger partial charge in [-0.15, -0.1) is 0 Å². The third-order valence-corrected chi connectivity index (χ3v) is 2.48. The van der Waals surface area contributed by atoms with E-state index in [0.29, 0.717) is 12.0 Å². The van der Waals surface area contributed by atoms with Crippen molar-refractivity contribution in [3.63, 3.8) is 0 Å². The number of carbonyl (C=O) groups is 1. The Morgan fingerprint density at radius 2 is 2.06 bits per heavy atom. The van der Waals surface area contributed by atoms with Crippen LogP contribution in [-0.2, 0) is 9.53 Å². The van der Waals surface area contributed by atoms with E-state index < -0.39 is 6.10 Å². The molecule has 0 radical (unpaired) electrons. The molecule has 0 aliphatic heterocycles. The molecule has 0 spiro atoms. The van der Waals surface area contributed by atoms with E-state index in [2.05, 4.69) is 4.74 Å². The van der Waals surface area contributed by atoms with Crippen molar-refractivity contribution < 1.29 is 14.6 Å². The van der Waals surface area contributed by atoms with Crippen LogP contribution in [0.4, 0.5) is 0 Å². The van der Waals surface area contributed by atoms with Gasteiger partial charge in [-0.2, -0.15) is 0 Å². The average Bonchev–Trinajstić information content (AvgIpc) is 2.42. The Morgan fingerprint density at radius 1 is 1.39 bits per heavy atom. The highest BCUT2D eigenvalue weighted by atomic mass is 16.5. The average molecular weight is 246 g/mol. The van der Waals surface area contributed by atoms with Gasteiger partial charge in [0.1, 0.15) is 0 Å². The van der Waals surface area contributed by atoms with Crippen LogP contribution in [0.2, 0.25) is 0 Å². The predicted octanol–water partition coefficient (Wildman–Crippen LogP) is 2.57. The van der Waals surface area contributed by atoms with Crippen LogP contribution in [0, 0.1) is 0 Å². The maximum Gasteiger partial charge on any atom is 0.333 e. The molecule has 3 heteroatoms. The first-order valence-electron chi connectivity index (χ1n) is 5.80. The van der Waals surface area contributed by atoms with Crippen molar-refractivity contribution in [3.8, 4) is 0 Å². The first-order valence-corrected chi connectivity index (χ1v) is 5.80. The van der Waals surface area contributed by atoms with Crippen LogP contribution in [0.5, 0.6) is 0 Å². The first kappa shape index (κ1) is 14.2. The number of hydrogen-bond donors (Lipinski definition) is 1. The number of aliphatic hydroxyl groups excluding tert-OH is 1. The van der Waals surface area contributed by atoms with Crippen LogP contribution in [0.15, 0.2) is 48.1 Å². The molecular weight excluding hydrogens is 228 g/mol. The van der Waals surface area contributed by atoms with Gasteiger partial charge in [0, 0.05) is 5.57 Å². The lowest BCUT2D eigenvalue weighted by molar-refractivity contribution is -0.136. The summed E-state index contributed by atoms with van der Waals surface area (Å²) in [6.45, 7) is 1.67. The number of carbonyl (C=O) groups excluding carboxylic acids is 1. The highest BCUT2D eigenvalue weighted by Crippen LogP contribution is 2.06. The molecule has 0 aliphatic carbocycles. The molecule has 1 unspecified atom stereocenters. The third-order valence-electron chi connectivity index (χ3n) is 2.48. The Bertz CT molecular complexity index is 432. The van der Waals surface area contributed by atoms with Crippen molar-refractivity contribution in [1.29, 1.82) is 0 Å². The van der Waals surface area contributed by atoms with E-state index in [0.717, 1.165) is 5.56 Å². The number of aliphatic hydroxyl groups is 1. The van der Waals surface area contributed by atoms with Crippen LogP contribution in [0.25, 0.3) is 6.08 Å². The molecule has 0 saturated carbocycles. The molecule has 18 heavy (non-hydrogen) atoms. The monoisotopic (exact) mass is 246 g/mol. The lowest BCUT2D eigenvalue weighted by Gasteiger charge is -2.03. The van der Waals surface area contributed by atoms with Gasteiger partial charge in [0.05, 0.1) is 13.2 Å². The van der Waals surface area contributed by atoms with Crippen molar-refractivity contribution in [2.75, 3.05) is 7.11 Å². The molecule has 0 aromatic heterocycles. The number of methoxy groups -OCH3 is 1. The van der Waals surface area contributed by atoms with Gasteiger partial charge in [0.2, 0.25) is 0 Å². The van der Waals surface area contributed by atoms with Gasteiger partial charge in [-0.3, -0.25) is 0 Å².